The van der Waals surface area contributed by atoms with E-state index >= 15 is 0 Å². The molecule has 0 unspecified atom stereocenters. The molecule has 0 aromatic heterocycles. The largest absolute Gasteiger partial charge is 0.348 e. The van der Waals surface area contributed by atoms with Gasteiger partial charge in [0.15, 0.2) is 0 Å². The predicted molar refractivity (Wildman–Crippen MR) is 85.3 cm³/mol. The molecule has 4 nitrogen and oxygen atoms in total. The highest BCUT2D eigenvalue weighted by Gasteiger charge is 2.09. The maximum atomic E-state index is 12.2. The van der Waals surface area contributed by atoms with Gasteiger partial charge in [0.25, 0.3) is 5.91 Å². The van der Waals surface area contributed by atoms with Crippen LogP contribution >= 0.6 is 0 Å². The smallest absolute Gasteiger partial charge is 0.251 e. The van der Waals surface area contributed by atoms with Gasteiger partial charge in [-0.2, -0.15) is 5.26 Å². The zero-order chi connectivity index (χ0) is 15.9. The van der Waals surface area contributed by atoms with E-state index in [1.54, 1.807) is 24.3 Å². The standard InChI is InChI=1S/C18H19N3O/c1-21(2)13-17-8-4-3-7-16(17)12-20-18(22)15-9-5-6-14(10-15)11-19/h3-10H,12-13H2,1-2H3,(H,20,22)/p+1. The van der Waals surface area contributed by atoms with E-state index in [1.807, 2.05) is 24.3 Å². The minimum Gasteiger partial charge on any atom is -0.348 e. The molecular weight excluding hydrogens is 274 g/mol. The monoisotopic (exact) mass is 294 g/mol. The maximum Gasteiger partial charge on any atom is 0.251 e. The lowest BCUT2D eigenvalue weighted by molar-refractivity contribution is -0.872. The van der Waals surface area contributed by atoms with E-state index in [-0.39, 0.29) is 5.91 Å². The second kappa shape index (κ2) is 7.39. The van der Waals surface area contributed by atoms with Gasteiger partial charge in [-0.15, -0.1) is 0 Å². The van der Waals surface area contributed by atoms with E-state index in [1.165, 1.54) is 10.5 Å². The molecule has 0 atom stereocenters. The second-order valence-electron chi connectivity index (χ2n) is 5.53. The number of nitrogens with one attached hydrogen (secondary N) is 2. The molecule has 0 radical (unpaired) electrons. The Bertz CT molecular complexity index is 701. The van der Waals surface area contributed by atoms with Crippen LogP contribution < -0.4 is 10.2 Å². The highest BCUT2D eigenvalue weighted by Crippen LogP contribution is 2.09. The van der Waals surface area contributed by atoms with Crippen LogP contribution in [0.15, 0.2) is 48.5 Å². The molecule has 2 rings (SSSR count). The van der Waals surface area contributed by atoms with Gasteiger partial charge in [0.05, 0.1) is 25.7 Å². The van der Waals surface area contributed by atoms with Gasteiger partial charge in [0.2, 0.25) is 0 Å². The molecule has 0 bridgehead atoms. The number of hydrogen-bond donors (Lipinski definition) is 2. The zero-order valence-electron chi connectivity index (χ0n) is 12.9. The van der Waals surface area contributed by atoms with Crippen molar-refractivity contribution in [1.29, 1.82) is 5.26 Å². The summed E-state index contributed by atoms with van der Waals surface area (Å²) in [6, 6.07) is 16.9. The number of nitrogens with zero attached hydrogens (tertiary/aromatic N) is 1. The summed E-state index contributed by atoms with van der Waals surface area (Å²) in [7, 11) is 4.20. The van der Waals surface area contributed by atoms with E-state index in [0.29, 0.717) is 17.7 Å². The summed E-state index contributed by atoms with van der Waals surface area (Å²) in [4.78, 5) is 13.5. The van der Waals surface area contributed by atoms with Crippen molar-refractivity contribution in [3.05, 3.63) is 70.8 Å². The van der Waals surface area contributed by atoms with Crippen LogP contribution in [0.1, 0.15) is 27.0 Å². The molecule has 0 saturated heterocycles. The first-order chi connectivity index (χ1) is 10.6. The Labute approximate surface area is 131 Å². The minimum atomic E-state index is -0.163. The third-order valence-corrected chi connectivity index (χ3v) is 3.36. The van der Waals surface area contributed by atoms with E-state index in [2.05, 4.69) is 25.5 Å². The Morgan fingerprint density at radius 3 is 2.55 bits per heavy atom. The van der Waals surface area contributed by atoms with Gasteiger partial charge in [-0.05, 0) is 23.8 Å². The minimum absolute atomic E-state index is 0.163. The number of nitriles is 1. The van der Waals surface area contributed by atoms with Crippen LogP contribution in [0.3, 0.4) is 0 Å². The molecular formula is C18H20N3O+. The molecule has 0 fully saturated rings. The third-order valence-electron chi connectivity index (χ3n) is 3.36. The molecule has 4 heteroatoms. The summed E-state index contributed by atoms with van der Waals surface area (Å²) in [5.74, 6) is -0.163. The summed E-state index contributed by atoms with van der Waals surface area (Å²) in [5, 5.41) is 11.8. The Balaban J connectivity index is 2.07. The number of hydrogen-bond acceptors (Lipinski definition) is 2. The van der Waals surface area contributed by atoms with Gasteiger partial charge in [-0.3, -0.25) is 4.79 Å². The summed E-state index contributed by atoms with van der Waals surface area (Å²) < 4.78 is 0. The van der Waals surface area contributed by atoms with Crippen LogP contribution in [0.4, 0.5) is 0 Å². The summed E-state index contributed by atoms with van der Waals surface area (Å²) in [5.41, 5.74) is 3.35. The van der Waals surface area contributed by atoms with Crippen molar-refractivity contribution in [2.45, 2.75) is 13.1 Å². The van der Waals surface area contributed by atoms with Crippen LogP contribution in [0.2, 0.25) is 0 Å². The van der Waals surface area contributed by atoms with Crippen molar-refractivity contribution >= 4 is 5.91 Å². The molecule has 1 amide bonds. The lowest BCUT2D eigenvalue weighted by atomic mass is 10.1. The normalized spacial score (nSPS) is 10.3. The highest BCUT2D eigenvalue weighted by atomic mass is 16.1. The quantitative estimate of drug-likeness (QED) is 0.868. The Morgan fingerprint density at radius 1 is 1.14 bits per heavy atom. The molecule has 0 heterocycles. The van der Waals surface area contributed by atoms with Crippen molar-refractivity contribution < 1.29 is 9.69 Å². The number of carbonyl (C=O) groups excluding carboxylic acids is 1. The molecule has 0 aliphatic heterocycles. The Morgan fingerprint density at radius 2 is 1.86 bits per heavy atom. The van der Waals surface area contributed by atoms with Gasteiger partial charge in [0.1, 0.15) is 6.54 Å². The van der Waals surface area contributed by atoms with Gasteiger partial charge in [0, 0.05) is 17.7 Å². The summed E-state index contributed by atoms with van der Waals surface area (Å²) >= 11 is 0. The molecule has 2 aromatic rings. The van der Waals surface area contributed by atoms with E-state index in [9.17, 15) is 4.79 Å². The van der Waals surface area contributed by atoms with Crippen LogP contribution in [-0.4, -0.2) is 20.0 Å². The fraction of sp³-hybridized carbons (Fsp3) is 0.222. The van der Waals surface area contributed by atoms with Gasteiger partial charge in [-0.25, -0.2) is 0 Å². The summed E-state index contributed by atoms with van der Waals surface area (Å²) in [6.07, 6.45) is 0. The average molecular weight is 294 g/mol. The molecule has 22 heavy (non-hydrogen) atoms. The van der Waals surface area contributed by atoms with Crippen molar-refractivity contribution in [2.24, 2.45) is 0 Å². The third kappa shape index (κ3) is 4.18. The fourth-order valence-electron chi connectivity index (χ4n) is 2.29. The SMILES string of the molecule is C[NH+](C)Cc1ccccc1CNC(=O)c1cccc(C#N)c1. The number of carbonyl (C=O) groups is 1. The van der Waals surface area contributed by atoms with E-state index in [4.69, 9.17) is 5.26 Å². The van der Waals surface area contributed by atoms with Crippen LogP contribution in [-0.2, 0) is 13.1 Å². The first-order valence-electron chi connectivity index (χ1n) is 7.24. The van der Waals surface area contributed by atoms with Crippen LogP contribution in [0, 0.1) is 11.3 Å². The lowest BCUT2D eigenvalue weighted by Gasteiger charge is -2.13. The number of rotatable bonds is 5. The number of quaternary nitrogens is 1. The van der Waals surface area contributed by atoms with Crippen LogP contribution in [0.25, 0.3) is 0 Å². The van der Waals surface area contributed by atoms with E-state index in [0.717, 1.165) is 12.1 Å². The first kappa shape index (κ1) is 15.7. The molecule has 0 aliphatic rings. The highest BCUT2D eigenvalue weighted by molar-refractivity contribution is 5.94. The molecule has 2 aromatic carbocycles. The molecule has 0 saturated carbocycles. The van der Waals surface area contributed by atoms with Crippen molar-refractivity contribution in [2.75, 3.05) is 14.1 Å². The molecule has 112 valence electrons. The Hall–Kier alpha value is -2.64. The van der Waals surface area contributed by atoms with Gasteiger partial charge < -0.3 is 10.2 Å². The average Bonchev–Trinajstić information content (AvgIpc) is 2.53. The summed E-state index contributed by atoms with van der Waals surface area (Å²) in [6.45, 7) is 1.40. The van der Waals surface area contributed by atoms with E-state index < -0.39 is 0 Å². The Kier molecular flexibility index (Phi) is 5.29. The number of benzene rings is 2. The lowest BCUT2D eigenvalue weighted by Crippen LogP contribution is -3.04. The van der Waals surface area contributed by atoms with Gasteiger partial charge >= 0.3 is 0 Å². The topological polar surface area (TPSA) is 57.3 Å². The van der Waals surface area contributed by atoms with Crippen molar-refractivity contribution in [1.82, 2.24) is 5.32 Å². The van der Waals surface area contributed by atoms with Crippen molar-refractivity contribution in [3.63, 3.8) is 0 Å². The molecule has 2 N–H and O–H groups in total. The number of amides is 1. The first-order valence-corrected chi connectivity index (χ1v) is 7.24. The molecule has 0 aliphatic carbocycles. The van der Waals surface area contributed by atoms with Gasteiger partial charge in [-0.1, -0.05) is 30.3 Å². The van der Waals surface area contributed by atoms with Crippen molar-refractivity contribution in [3.8, 4) is 6.07 Å². The zero-order valence-corrected chi connectivity index (χ0v) is 12.9. The van der Waals surface area contributed by atoms with Crippen LogP contribution in [0.5, 0.6) is 0 Å². The second-order valence-corrected chi connectivity index (χ2v) is 5.53. The maximum absolute atomic E-state index is 12.2. The fourth-order valence-corrected chi connectivity index (χ4v) is 2.29. The molecule has 0 spiro atoms. The predicted octanol–water partition coefficient (Wildman–Crippen LogP) is 1.13.